The maximum absolute atomic E-state index is 12.3. The molecule has 0 saturated carbocycles. The third-order valence-corrected chi connectivity index (χ3v) is 1.56. The van der Waals surface area contributed by atoms with Gasteiger partial charge in [0.05, 0.1) is 7.11 Å². The first-order valence-electron chi connectivity index (χ1n) is 4.04. The Bertz CT molecular complexity index is 406. The number of alkyl halides is 3. The van der Waals surface area contributed by atoms with Crippen molar-refractivity contribution < 1.29 is 27.8 Å². The minimum Gasteiger partial charge on any atom is -0.481 e. The summed E-state index contributed by atoms with van der Waals surface area (Å²) in [5.41, 5.74) is -1.23. The standard InChI is InChI=1S/C8H7F3N2O3/c1-16-6-2-4(8(9,10)11)12-5(13-6)3-7(14)15/h2H,3H2,1H3,(H,14,15). The summed E-state index contributed by atoms with van der Waals surface area (Å²) in [7, 11) is 1.13. The number of ether oxygens (including phenoxy) is 1. The van der Waals surface area contributed by atoms with Crippen LogP contribution in [-0.4, -0.2) is 28.2 Å². The molecule has 1 rings (SSSR count). The van der Waals surface area contributed by atoms with Crippen LogP contribution in [-0.2, 0) is 17.4 Å². The van der Waals surface area contributed by atoms with Gasteiger partial charge in [0.25, 0.3) is 0 Å². The maximum atomic E-state index is 12.3. The van der Waals surface area contributed by atoms with Crippen LogP contribution in [0.2, 0.25) is 0 Å². The van der Waals surface area contributed by atoms with E-state index in [0.717, 1.165) is 7.11 Å². The highest BCUT2D eigenvalue weighted by Crippen LogP contribution is 2.29. The zero-order chi connectivity index (χ0) is 12.3. The van der Waals surface area contributed by atoms with Gasteiger partial charge in [0.2, 0.25) is 5.88 Å². The molecule has 0 fully saturated rings. The monoisotopic (exact) mass is 236 g/mol. The number of carboxylic acid groups (broad SMARTS) is 1. The molecule has 0 saturated heterocycles. The third-order valence-electron chi connectivity index (χ3n) is 1.56. The van der Waals surface area contributed by atoms with Crippen LogP contribution in [0.25, 0.3) is 0 Å². The summed E-state index contributed by atoms with van der Waals surface area (Å²) in [5.74, 6) is -2.08. The fourth-order valence-corrected chi connectivity index (χ4v) is 0.937. The summed E-state index contributed by atoms with van der Waals surface area (Å²) in [6.07, 6.45) is -5.36. The molecule has 0 aliphatic rings. The van der Waals surface area contributed by atoms with Crippen LogP contribution < -0.4 is 4.74 Å². The van der Waals surface area contributed by atoms with E-state index in [9.17, 15) is 18.0 Å². The summed E-state index contributed by atoms with van der Waals surface area (Å²) in [6.45, 7) is 0. The van der Waals surface area contributed by atoms with E-state index in [1.165, 1.54) is 0 Å². The van der Waals surface area contributed by atoms with Crippen LogP contribution >= 0.6 is 0 Å². The van der Waals surface area contributed by atoms with E-state index < -0.39 is 30.1 Å². The maximum Gasteiger partial charge on any atom is 0.433 e. The van der Waals surface area contributed by atoms with E-state index >= 15 is 0 Å². The topological polar surface area (TPSA) is 72.3 Å². The predicted molar refractivity (Wildman–Crippen MR) is 44.9 cm³/mol. The molecule has 16 heavy (non-hydrogen) atoms. The molecular weight excluding hydrogens is 229 g/mol. The Morgan fingerprint density at radius 1 is 1.50 bits per heavy atom. The molecule has 0 radical (unpaired) electrons. The van der Waals surface area contributed by atoms with Crippen molar-refractivity contribution in [3.63, 3.8) is 0 Å². The Hall–Kier alpha value is -1.86. The van der Waals surface area contributed by atoms with Crippen LogP contribution in [0, 0.1) is 0 Å². The second-order valence-corrected chi connectivity index (χ2v) is 2.78. The van der Waals surface area contributed by atoms with E-state index in [1.54, 1.807) is 0 Å². The lowest BCUT2D eigenvalue weighted by atomic mass is 10.3. The highest BCUT2D eigenvalue weighted by Gasteiger charge is 2.34. The first kappa shape index (κ1) is 12.2. The number of methoxy groups -OCH3 is 1. The summed E-state index contributed by atoms with van der Waals surface area (Å²) in [5, 5.41) is 8.42. The van der Waals surface area contributed by atoms with Gasteiger partial charge in [0.1, 0.15) is 12.2 Å². The van der Waals surface area contributed by atoms with Gasteiger partial charge in [0, 0.05) is 6.07 Å². The molecule has 8 heteroatoms. The molecule has 0 aliphatic carbocycles. The quantitative estimate of drug-likeness (QED) is 0.851. The van der Waals surface area contributed by atoms with Gasteiger partial charge in [-0.3, -0.25) is 4.79 Å². The van der Waals surface area contributed by atoms with Gasteiger partial charge in [0.15, 0.2) is 5.69 Å². The molecule has 1 aromatic rings. The number of rotatable bonds is 3. The first-order chi connectivity index (χ1) is 7.32. The number of halogens is 3. The van der Waals surface area contributed by atoms with E-state index in [2.05, 4.69) is 14.7 Å². The van der Waals surface area contributed by atoms with Crippen LogP contribution in [0.4, 0.5) is 13.2 Å². The first-order valence-corrected chi connectivity index (χ1v) is 4.04. The lowest BCUT2D eigenvalue weighted by Crippen LogP contribution is -2.13. The SMILES string of the molecule is COc1cc(C(F)(F)F)nc(CC(=O)O)n1. The highest BCUT2D eigenvalue weighted by molar-refractivity contribution is 5.69. The van der Waals surface area contributed by atoms with Gasteiger partial charge in [-0.05, 0) is 0 Å². The van der Waals surface area contributed by atoms with E-state index in [1.807, 2.05) is 0 Å². The lowest BCUT2D eigenvalue weighted by molar-refractivity contribution is -0.142. The second kappa shape index (κ2) is 4.33. The molecule has 1 aromatic heterocycles. The average Bonchev–Trinajstić information content (AvgIpc) is 2.14. The van der Waals surface area contributed by atoms with Crippen molar-refractivity contribution in [1.82, 2.24) is 9.97 Å². The number of carbonyl (C=O) groups is 1. The van der Waals surface area contributed by atoms with Crippen molar-refractivity contribution in [2.45, 2.75) is 12.6 Å². The van der Waals surface area contributed by atoms with Gasteiger partial charge in [-0.15, -0.1) is 0 Å². The molecule has 0 unspecified atom stereocenters. The highest BCUT2D eigenvalue weighted by atomic mass is 19.4. The summed E-state index contributed by atoms with van der Waals surface area (Å²) in [4.78, 5) is 16.9. The molecule has 5 nitrogen and oxygen atoms in total. The van der Waals surface area contributed by atoms with Crippen LogP contribution in [0.3, 0.4) is 0 Å². The fraction of sp³-hybridized carbons (Fsp3) is 0.375. The number of carboxylic acids is 1. The van der Waals surface area contributed by atoms with Gasteiger partial charge in [-0.25, -0.2) is 4.98 Å². The molecule has 1 heterocycles. The third kappa shape index (κ3) is 3.07. The number of hydrogen-bond donors (Lipinski definition) is 1. The minimum atomic E-state index is -4.66. The van der Waals surface area contributed by atoms with Crippen molar-refractivity contribution >= 4 is 5.97 Å². The largest absolute Gasteiger partial charge is 0.481 e. The van der Waals surface area contributed by atoms with Crippen molar-refractivity contribution in [3.05, 3.63) is 17.6 Å². The van der Waals surface area contributed by atoms with E-state index in [4.69, 9.17) is 5.11 Å². The summed E-state index contributed by atoms with van der Waals surface area (Å²) >= 11 is 0. The molecule has 0 bridgehead atoms. The second-order valence-electron chi connectivity index (χ2n) is 2.78. The smallest absolute Gasteiger partial charge is 0.433 e. The zero-order valence-electron chi connectivity index (χ0n) is 8.08. The Morgan fingerprint density at radius 2 is 2.12 bits per heavy atom. The molecular formula is C8H7F3N2O3. The number of aliphatic carboxylic acids is 1. The fourth-order valence-electron chi connectivity index (χ4n) is 0.937. The van der Waals surface area contributed by atoms with Crippen molar-refractivity contribution in [2.75, 3.05) is 7.11 Å². The zero-order valence-corrected chi connectivity index (χ0v) is 8.08. The van der Waals surface area contributed by atoms with Crippen LogP contribution in [0.1, 0.15) is 11.5 Å². The molecule has 0 amide bonds. The molecule has 0 aromatic carbocycles. The molecule has 88 valence electrons. The summed E-state index contributed by atoms with van der Waals surface area (Å²) in [6, 6.07) is 0.603. The van der Waals surface area contributed by atoms with Crippen LogP contribution in [0.15, 0.2) is 6.07 Å². The lowest BCUT2D eigenvalue weighted by Gasteiger charge is -2.08. The normalized spacial score (nSPS) is 11.2. The number of aromatic nitrogens is 2. The Labute approximate surface area is 87.9 Å². The van der Waals surface area contributed by atoms with Gasteiger partial charge < -0.3 is 9.84 Å². The van der Waals surface area contributed by atoms with E-state index in [-0.39, 0.29) is 5.88 Å². The van der Waals surface area contributed by atoms with Gasteiger partial charge in [-0.1, -0.05) is 0 Å². The van der Waals surface area contributed by atoms with Gasteiger partial charge >= 0.3 is 12.1 Å². The molecule has 0 spiro atoms. The van der Waals surface area contributed by atoms with Crippen molar-refractivity contribution in [2.24, 2.45) is 0 Å². The Morgan fingerprint density at radius 3 is 2.56 bits per heavy atom. The predicted octanol–water partition coefficient (Wildman–Crippen LogP) is 1.13. The Kier molecular flexibility index (Phi) is 3.31. The average molecular weight is 236 g/mol. The Balaban J connectivity index is 3.16. The van der Waals surface area contributed by atoms with Crippen molar-refractivity contribution in [3.8, 4) is 5.88 Å². The van der Waals surface area contributed by atoms with Crippen molar-refractivity contribution in [1.29, 1.82) is 0 Å². The minimum absolute atomic E-state index is 0.321. The molecule has 1 N–H and O–H groups in total. The van der Waals surface area contributed by atoms with Gasteiger partial charge in [-0.2, -0.15) is 18.2 Å². The van der Waals surface area contributed by atoms with Crippen LogP contribution in [0.5, 0.6) is 5.88 Å². The summed E-state index contributed by atoms with van der Waals surface area (Å²) < 4.78 is 41.5. The number of nitrogens with zero attached hydrogens (tertiary/aromatic N) is 2. The molecule has 0 atom stereocenters. The number of hydrogen-bond acceptors (Lipinski definition) is 4. The molecule has 0 aliphatic heterocycles. The van der Waals surface area contributed by atoms with E-state index in [0.29, 0.717) is 6.07 Å².